The molecule has 0 saturated carbocycles. The minimum absolute atomic E-state index is 0.114. The molecule has 0 atom stereocenters. The second-order valence-corrected chi connectivity index (χ2v) is 2.53. The molecule has 0 aliphatic rings. The minimum Gasteiger partial charge on any atom is -0.304 e. The third-order valence-electron chi connectivity index (χ3n) is 1.67. The highest BCUT2D eigenvalue weighted by Gasteiger charge is 1.99. The molecule has 0 fully saturated rings. The maximum atomic E-state index is 10.3. The van der Waals surface area contributed by atoms with Crippen LogP contribution in [0, 0.1) is 0 Å². The van der Waals surface area contributed by atoms with Gasteiger partial charge in [-0.05, 0) is 0 Å². The van der Waals surface area contributed by atoms with E-state index in [-0.39, 0.29) is 6.61 Å². The molecule has 2 aromatic heterocycles. The van der Waals surface area contributed by atoms with Crippen molar-refractivity contribution in [3.8, 4) is 0 Å². The SMILES string of the molecule is [O]CCc1cn2ccncc2n1. The number of aromatic nitrogens is 3. The van der Waals surface area contributed by atoms with Crippen molar-refractivity contribution in [1.29, 1.82) is 0 Å². The molecule has 0 amide bonds. The molecule has 4 heteroatoms. The average molecular weight is 162 g/mol. The third-order valence-corrected chi connectivity index (χ3v) is 1.67. The molecular formula is C8H8N3O. The summed E-state index contributed by atoms with van der Waals surface area (Å²) >= 11 is 0. The first-order chi connectivity index (χ1) is 5.90. The van der Waals surface area contributed by atoms with Crippen LogP contribution >= 0.6 is 0 Å². The van der Waals surface area contributed by atoms with Crippen LogP contribution in [0.1, 0.15) is 5.69 Å². The van der Waals surface area contributed by atoms with E-state index < -0.39 is 0 Å². The first kappa shape index (κ1) is 7.24. The highest BCUT2D eigenvalue weighted by molar-refractivity contribution is 5.36. The Balaban J connectivity index is 2.47. The fourth-order valence-electron chi connectivity index (χ4n) is 1.12. The molecule has 2 heterocycles. The molecule has 0 aliphatic carbocycles. The van der Waals surface area contributed by atoms with Crippen molar-refractivity contribution in [2.45, 2.75) is 6.42 Å². The number of hydrogen-bond acceptors (Lipinski definition) is 2. The van der Waals surface area contributed by atoms with Gasteiger partial charge in [0.05, 0.1) is 18.5 Å². The van der Waals surface area contributed by atoms with Crippen LogP contribution in [0.15, 0.2) is 24.8 Å². The van der Waals surface area contributed by atoms with Crippen molar-refractivity contribution in [2.75, 3.05) is 6.61 Å². The maximum Gasteiger partial charge on any atom is 0.155 e. The largest absolute Gasteiger partial charge is 0.304 e. The molecule has 2 rings (SSSR count). The molecule has 2 aromatic rings. The van der Waals surface area contributed by atoms with Crippen LogP contribution in [0.2, 0.25) is 0 Å². The number of imidazole rings is 1. The zero-order chi connectivity index (χ0) is 8.39. The van der Waals surface area contributed by atoms with Crippen molar-refractivity contribution in [1.82, 2.24) is 14.4 Å². The minimum atomic E-state index is -0.114. The van der Waals surface area contributed by atoms with Crippen molar-refractivity contribution in [2.24, 2.45) is 0 Å². The Labute approximate surface area is 69.5 Å². The summed E-state index contributed by atoms with van der Waals surface area (Å²) in [5.41, 5.74) is 1.62. The first-order valence-corrected chi connectivity index (χ1v) is 3.76. The summed E-state index contributed by atoms with van der Waals surface area (Å²) in [6, 6.07) is 0. The molecule has 4 nitrogen and oxygen atoms in total. The average Bonchev–Trinajstić information content (AvgIpc) is 2.47. The van der Waals surface area contributed by atoms with Crippen LogP contribution in [0.25, 0.3) is 5.65 Å². The molecule has 1 radical (unpaired) electrons. The molecule has 0 N–H and O–H groups in total. The second kappa shape index (κ2) is 2.91. The van der Waals surface area contributed by atoms with Crippen molar-refractivity contribution >= 4 is 5.65 Å². The molecule has 0 saturated heterocycles. The third kappa shape index (κ3) is 1.16. The van der Waals surface area contributed by atoms with Gasteiger partial charge in [-0.1, -0.05) is 0 Å². The number of nitrogens with zero attached hydrogens (tertiary/aromatic N) is 3. The van der Waals surface area contributed by atoms with Gasteiger partial charge in [0.1, 0.15) is 0 Å². The van der Waals surface area contributed by atoms with Gasteiger partial charge in [0.25, 0.3) is 0 Å². The van der Waals surface area contributed by atoms with Crippen molar-refractivity contribution in [3.63, 3.8) is 0 Å². The van der Waals surface area contributed by atoms with Crippen LogP contribution in [-0.4, -0.2) is 21.0 Å². The molecule has 12 heavy (non-hydrogen) atoms. The lowest BCUT2D eigenvalue weighted by Crippen LogP contribution is -1.87. The highest BCUT2D eigenvalue weighted by atomic mass is 16.3. The Hall–Kier alpha value is -1.42. The molecular weight excluding hydrogens is 154 g/mol. The van der Waals surface area contributed by atoms with Gasteiger partial charge < -0.3 is 4.40 Å². The summed E-state index contributed by atoms with van der Waals surface area (Å²) < 4.78 is 1.86. The maximum absolute atomic E-state index is 10.3. The van der Waals surface area contributed by atoms with Gasteiger partial charge in [0, 0.05) is 25.0 Å². The van der Waals surface area contributed by atoms with E-state index in [1.54, 1.807) is 12.4 Å². The summed E-state index contributed by atoms with van der Waals surface area (Å²) in [4.78, 5) is 8.13. The monoisotopic (exact) mass is 162 g/mol. The van der Waals surface area contributed by atoms with E-state index in [1.165, 1.54) is 0 Å². The van der Waals surface area contributed by atoms with Gasteiger partial charge >= 0.3 is 0 Å². The second-order valence-electron chi connectivity index (χ2n) is 2.53. The Bertz CT molecular complexity index is 349. The first-order valence-electron chi connectivity index (χ1n) is 3.76. The summed E-state index contributed by atoms with van der Waals surface area (Å²) in [5, 5.41) is 10.3. The van der Waals surface area contributed by atoms with E-state index in [0.29, 0.717) is 6.42 Å². The molecule has 0 unspecified atom stereocenters. The normalized spacial score (nSPS) is 10.8. The topological polar surface area (TPSA) is 50.1 Å². The van der Waals surface area contributed by atoms with Crippen LogP contribution in [0.4, 0.5) is 0 Å². The summed E-state index contributed by atoms with van der Waals surface area (Å²) in [6.45, 7) is -0.114. The highest BCUT2D eigenvalue weighted by Crippen LogP contribution is 2.02. The molecule has 0 bridgehead atoms. The number of hydrogen-bond donors (Lipinski definition) is 0. The fourth-order valence-corrected chi connectivity index (χ4v) is 1.12. The van der Waals surface area contributed by atoms with Gasteiger partial charge in [-0.3, -0.25) is 4.98 Å². The van der Waals surface area contributed by atoms with E-state index in [4.69, 9.17) is 0 Å². The van der Waals surface area contributed by atoms with Gasteiger partial charge in [0.2, 0.25) is 0 Å². The van der Waals surface area contributed by atoms with E-state index in [2.05, 4.69) is 9.97 Å². The quantitative estimate of drug-likeness (QED) is 0.652. The lowest BCUT2D eigenvalue weighted by atomic mass is 10.4. The summed E-state index contributed by atoms with van der Waals surface area (Å²) in [7, 11) is 0. The smallest absolute Gasteiger partial charge is 0.155 e. The predicted octanol–water partition coefficient (Wildman–Crippen LogP) is 0.702. The van der Waals surface area contributed by atoms with Gasteiger partial charge in [-0.2, -0.15) is 0 Å². The Kier molecular flexibility index (Phi) is 1.75. The number of rotatable bonds is 2. The fraction of sp³-hybridized carbons (Fsp3) is 0.250. The summed E-state index contributed by atoms with van der Waals surface area (Å²) in [5.74, 6) is 0. The van der Waals surface area contributed by atoms with Crippen LogP contribution in [-0.2, 0) is 11.5 Å². The lowest BCUT2D eigenvalue weighted by Gasteiger charge is -1.86. The Morgan fingerprint density at radius 1 is 1.50 bits per heavy atom. The van der Waals surface area contributed by atoms with Crippen LogP contribution < -0.4 is 0 Å². The van der Waals surface area contributed by atoms with Crippen molar-refractivity contribution < 1.29 is 5.11 Å². The van der Waals surface area contributed by atoms with Crippen LogP contribution in [0.5, 0.6) is 0 Å². The van der Waals surface area contributed by atoms with E-state index in [9.17, 15) is 5.11 Å². The molecule has 0 aliphatic heterocycles. The predicted molar refractivity (Wildman–Crippen MR) is 42.2 cm³/mol. The summed E-state index contributed by atoms with van der Waals surface area (Å²) in [6.07, 6.45) is 7.52. The van der Waals surface area contributed by atoms with Crippen LogP contribution in [0.3, 0.4) is 0 Å². The van der Waals surface area contributed by atoms with Gasteiger partial charge in [-0.25, -0.2) is 10.1 Å². The Morgan fingerprint density at radius 3 is 3.17 bits per heavy atom. The zero-order valence-corrected chi connectivity index (χ0v) is 6.47. The number of fused-ring (bicyclic) bond motifs is 1. The lowest BCUT2D eigenvalue weighted by molar-refractivity contribution is 0.196. The molecule has 0 aromatic carbocycles. The molecule has 0 spiro atoms. The van der Waals surface area contributed by atoms with E-state index >= 15 is 0 Å². The standard InChI is InChI=1S/C8H8N3O/c12-4-1-7-6-11-3-2-9-5-8(11)10-7/h2-3,5-6H,1,4H2. The Morgan fingerprint density at radius 2 is 2.42 bits per heavy atom. The van der Waals surface area contributed by atoms with Gasteiger partial charge in [-0.15, -0.1) is 0 Å². The molecule has 61 valence electrons. The van der Waals surface area contributed by atoms with E-state index in [0.717, 1.165) is 11.3 Å². The van der Waals surface area contributed by atoms with E-state index in [1.807, 2.05) is 16.8 Å². The van der Waals surface area contributed by atoms with Crippen molar-refractivity contribution in [3.05, 3.63) is 30.5 Å². The zero-order valence-electron chi connectivity index (χ0n) is 6.47. The van der Waals surface area contributed by atoms with Gasteiger partial charge in [0.15, 0.2) is 5.65 Å².